The molecule has 13 heavy (non-hydrogen) atoms. The van der Waals surface area contributed by atoms with E-state index in [-0.39, 0.29) is 11.1 Å². The van der Waals surface area contributed by atoms with Gasteiger partial charge in [-0.1, -0.05) is 0 Å². The van der Waals surface area contributed by atoms with E-state index in [1.54, 1.807) is 19.1 Å². The maximum atomic E-state index is 10.7. The summed E-state index contributed by atoms with van der Waals surface area (Å²) in [5.41, 5.74) is 1.06. The van der Waals surface area contributed by atoms with Crippen molar-refractivity contribution in [3.8, 4) is 6.07 Å². The van der Waals surface area contributed by atoms with E-state index in [1.165, 1.54) is 0 Å². The fourth-order valence-electron chi connectivity index (χ4n) is 1.05. The van der Waals surface area contributed by atoms with Crippen molar-refractivity contribution < 1.29 is 9.90 Å². The zero-order valence-electron chi connectivity index (χ0n) is 6.84. The molecular weight excluding hydrogens is 234 g/mol. The highest BCUT2D eigenvalue weighted by molar-refractivity contribution is 9.10. The second-order valence-corrected chi connectivity index (χ2v) is 3.44. The number of nitriles is 1. The number of benzene rings is 1. The first-order valence-electron chi connectivity index (χ1n) is 3.50. The van der Waals surface area contributed by atoms with Crippen molar-refractivity contribution >= 4 is 21.9 Å². The van der Waals surface area contributed by atoms with E-state index >= 15 is 0 Å². The van der Waals surface area contributed by atoms with E-state index in [0.29, 0.717) is 4.47 Å². The van der Waals surface area contributed by atoms with Crippen LogP contribution in [-0.4, -0.2) is 11.1 Å². The van der Waals surface area contributed by atoms with E-state index in [0.717, 1.165) is 5.56 Å². The first-order chi connectivity index (χ1) is 6.06. The van der Waals surface area contributed by atoms with Gasteiger partial charge < -0.3 is 5.11 Å². The van der Waals surface area contributed by atoms with Crippen LogP contribution in [0.25, 0.3) is 0 Å². The fraction of sp³-hybridized carbons (Fsp3) is 0.111. The van der Waals surface area contributed by atoms with Crippen molar-refractivity contribution in [1.29, 1.82) is 5.26 Å². The molecular formula is C9H6BrNO2. The second kappa shape index (κ2) is 3.58. The molecule has 0 fully saturated rings. The number of aryl methyl sites for hydroxylation is 1. The minimum atomic E-state index is -1.09. The summed E-state index contributed by atoms with van der Waals surface area (Å²) in [5, 5.41) is 17.5. The maximum absolute atomic E-state index is 10.7. The molecule has 4 heteroatoms. The van der Waals surface area contributed by atoms with Gasteiger partial charge in [0.15, 0.2) is 0 Å². The van der Waals surface area contributed by atoms with Crippen LogP contribution in [0.4, 0.5) is 0 Å². The topological polar surface area (TPSA) is 61.1 Å². The number of rotatable bonds is 1. The Kier molecular flexibility index (Phi) is 2.69. The third kappa shape index (κ3) is 1.87. The van der Waals surface area contributed by atoms with Crippen LogP contribution >= 0.6 is 15.9 Å². The van der Waals surface area contributed by atoms with Gasteiger partial charge in [-0.2, -0.15) is 5.26 Å². The summed E-state index contributed by atoms with van der Waals surface area (Å²) in [7, 11) is 0. The lowest BCUT2D eigenvalue weighted by Crippen LogP contribution is -2.02. The Hall–Kier alpha value is -1.34. The number of carboxylic acid groups (broad SMARTS) is 1. The zero-order valence-corrected chi connectivity index (χ0v) is 8.42. The average molecular weight is 240 g/mol. The van der Waals surface area contributed by atoms with Crippen molar-refractivity contribution in [3.05, 3.63) is 33.3 Å². The third-order valence-corrected chi connectivity index (χ3v) is 2.19. The highest BCUT2D eigenvalue weighted by Crippen LogP contribution is 2.22. The van der Waals surface area contributed by atoms with Crippen molar-refractivity contribution in [1.82, 2.24) is 0 Å². The molecule has 0 aliphatic rings. The van der Waals surface area contributed by atoms with Crippen LogP contribution in [0.3, 0.4) is 0 Å². The number of halogens is 1. The van der Waals surface area contributed by atoms with Crippen LogP contribution in [-0.2, 0) is 0 Å². The normalized spacial score (nSPS) is 9.31. The van der Waals surface area contributed by atoms with Gasteiger partial charge in [0.25, 0.3) is 0 Å². The molecule has 1 aromatic rings. The lowest BCUT2D eigenvalue weighted by molar-refractivity contribution is 0.0695. The molecule has 0 amide bonds. The molecule has 66 valence electrons. The van der Waals surface area contributed by atoms with Gasteiger partial charge >= 0.3 is 5.97 Å². The van der Waals surface area contributed by atoms with E-state index in [1.807, 2.05) is 6.07 Å². The molecule has 1 aromatic carbocycles. The molecule has 0 heterocycles. The Labute approximate surface area is 83.7 Å². The van der Waals surface area contributed by atoms with E-state index in [2.05, 4.69) is 15.9 Å². The Balaban J connectivity index is 3.50. The quantitative estimate of drug-likeness (QED) is 0.819. The third-order valence-electron chi connectivity index (χ3n) is 1.57. The lowest BCUT2D eigenvalue weighted by atomic mass is 10.1. The number of nitrogens with zero attached hydrogens (tertiary/aromatic N) is 1. The van der Waals surface area contributed by atoms with Gasteiger partial charge in [0, 0.05) is 4.47 Å². The summed E-state index contributed by atoms with van der Waals surface area (Å²) >= 11 is 3.11. The molecule has 0 radical (unpaired) electrons. The van der Waals surface area contributed by atoms with Crippen molar-refractivity contribution in [3.63, 3.8) is 0 Å². The Morgan fingerprint density at radius 1 is 1.62 bits per heavy atom. The monoisotopic (exact) mass is 239 g/mol. The van der Waals surface area contributed by atoms with Crippen LogP contribution in [0.15, 0.2) is 16.6 Å². The predicted octanol–water partition coefficient (Wildman–Crippen LogP) is 2.33. The summed E-state index contributed by atoms with van der Waals surface area (Å²) in [4.78, 5) is 10.7. The Morgan fingerprint density at radius 3 is 2.69 bits per heavy atom. The number of carbonyl (C=O) groups is 1. The molecule has 1 rings (SSSR count). The highest BCUT2D eigenvalue weighted by atomic mass is 79.9. The minimum Gasteiger partial charge on any atom is -0.478 e. The first-order valence-corrected chi connectivity index (χ1v) is 4.29. The molecule has 0 bridgehead atoms. The molecule has 0 aliphatic heterocycles. The largest absolute Gasteiger partial charge is 0.478 e. The first kappa shape index (κ1) is 9.75. The van der Waals surface area contributed by atoms with Crippen LogP contribution in [0, 0.1) is 18.3 Å². The standard InChI is InChI=1S/C9H6BrNO2/c1-5-2-6(4-11)8(9(12)13)7(10)3-5/h2-3H,1H3,(H,12,13). The highest BCUT2D eigenvalue weighted by Gasteiger charge is 2.14. The molecule has 0 spiro atoms. The predicted molar refractivity (Wildman–Crippen MR) is 50.6 cm³/mol. The Morgan fingerprint density at radius 2 is 2.23 bits per heavy atom. The number of carboxylic acids is 1. The van der Waals surface area contributed by atoms with Gasteiger partial charge in [-0.25, -0.2) is 4.79 Å². The molecule has 0 saturated heterocycles. The summed E-state index contributed by atoms with van der Waals surface area (Å²) in [6, 6.07) is 5.07. The van der Waals surface area contributed by atoms with E-state index < -0.39 is 5.97 Å². The summed E-state index contributed by atoms with van der Waals surface area (Å²) in [5.74, 6) is -1.09. The summed E-state index contributed by atoms with van der Waals surface area (Å²) < 4.78 is 0.441. The van der Waals surface area contributed by atoms with Crippen LogP contribution in [0.2, 0.25) is 0 Å². The van der Waals surface area contributed by atoms with Crippen LogP contribution < -0.4 is 0 Å². The van der Waals surface area contributed by atoms with Gasteiger partial charge in [0.1, 0.15) is 6.07 Å². The Bertz CT molecular complexity index is 407. The van der Waals surface area contributed by atoms with E-state index in [9.17, 15) is 4.79 Å². The maximum Gasteiger partial charge on any atom is 0.338 e. The molecule has 3 nitrogen and oxygen atoms in total. The van der Waals surface area contributed by atoms with Gasteiger partial charge in [0.2, 0.25) is 0 Å². The summed E-state index contributed by atoms with van der Waals surface area (Å²) in [6.07, 6.45) is 0. The van der Waals surface area contributed by atoms with Crippen LogP contribution in [0.1, 0.15) is 21.5 Å². The second-order valence-electron chi connectivity index (χ2n) is 2.59. The van der Waals surface area contributed by atoms with Gasteiger partial charge in [-0.15, -0.1) is 0 Å². The fourth-order valence-corrected chi connectivity index (χ4v) is 1.79. The minimum absolute atomic E-state index is 0.0214. The van der Waals surface area contributed by atoms with E-state index in [4.69, 9.17) is 10.4 Å². The molecule has 0 unspecified atom stereocenters. The number of hydrogen-bond acceptors (Lipinski definition) is 2. The smallest absolute Gasteiger partial charge is 0.338 e. The van der Waals surface area contributed by atoms with Gasteiger partial charge in [0.05, 0.1) is 11.1 Å². The molecule has 1 N–H and O–H groups in total. The van der Waals surface area contributed by atoms with Gasteiger partial charge in [-0.05, 0) is 40.5 Å². The molecule has 0 saturated carbocycles. The summed E-state index contributed by atoms with van der Waals surface area (Å²) in [6.45, 7) is 1.80. The molecule has 0 aromatic heterocycles. The van der Waals surface area contributed by atoms with Crippen molar-refractivity contribution in [2.24, 2.45) is 0 Å². The van der Waals surface area contributed by atoms with Crippen LogP contribution in [0.5, 0.6) is 0 Å². The molecule has 0 atom stereocenters. The SMILES string of the molecule is Cc1cc(Br)c(C(=O)O)c(C#N)c1. The average Bonchev–Trinajstić information content (AvgIpc) is 2.01. The number of hydrogen-bond donors (Lipinski definition) is 1. The molecule has 0 aliphatic carbocycles. The van der Waals surface area contributed by atoms with Gasteiger partial charge in [-0.3, -0.25) is 0 Å². The van der Waals surface area contributed by atoms with Crippen molar-refractivity contribution in [2.45, 2.75) is 6.92 Å². The lowest BCUT2D eigenvalue weighted by Gasteiger charge is -2.02. The van der Waals surface area contributed by atoms with Crippen molar-refractivity contribution in [2.75, 3.05) is 0 Å². The zero-order chi connectivity index (χ0) is 10.0. The number of aromatic carboxylic acids is 1.